The van der Waals surface area contributed by atoms with Gasteiger partial charge in [-0.3, -0.25) is 14.4 Å². The number of anilines is 3. The second-order valence-corrected chi connectivity index (χ2v) is 16.8. The van der Waals surface area contributed by atoms with Crippen LogP contribution < -0.4 is 15.5 Å². The van der Waals surface area contributed by atoms with Gasteiger partial charge in [-0.1, -0.05) is 55.5 Å². The number of benzene rings is 4. The van der Waals surface area contributed by atoms with Gasteiger partial charge >= 0.3 is 0 Å². The van der Waals surface area contributed by atoms with Crippen molar-refractivity contribution in [2.24, 2.45) is 5.92 Å². The highest BCUT2D eigenvalue weighted by Gasteiger charge is 2.66. The number of hydrogen-bond donors (Lipinski definition) is 4. The van der Waals surface area contributed by atoms with Crippen LogP contribution in [0.4, 0.5) is 17.1 Å². The molecular formula is C37H39N3O6Si. The number of hydrogen-bond acceptors (Lipinski definition) is 6. The molecule has 1 spiro atoms. The summed E-state index contributed by atoms with van der Waals surface area (Å²) < 4.78 is 6.73. The summed E-state index contributed by atoms with van der Waals surface area (Å²) in [5.74, 6) is -1.21. The number of ether oxygens (including phenoxy) is 1. The van der Waals surface area contributed by atoms with Gasteiger partial charge in [-0.05, 0) is 79.7 Å². The van der Waals surface area contributed by atoms with Gasteiger partial charge in [0.2, 0.25) is 0 Å². The molecule has 4 N–H and O–H groups in total. The Morgan fingerprint density at radius 3 is 2.02 bits per heavy atom. The maximum Gasteiger partial charge on any atom is 0.264 e. The molecule has 9 nitrogen and oxygen atoms in total. The lowest BCUT2D eigenvalue weighted by Gasteiger charge is -2.32. The van der Waals surface area contributed by atoms with Crippen molar-refractivity contribution in [1.29, 1.82) is 0 Å². The predicted octanol–water partition coefficient (Wildman–Crippen LogP) is 5.92. The third kappa shape index (κ3) is 6.12. The zero-order valence-electron chi connectivity index (χ0n) is 26.6. The van der Waals surface area contributed by atoms with Crippen molar-refractivity contribution < 1.29 is 29.0 Å². The van der Waals surface area contributed by atoms with Gasteiger partial charge in [-0.2, -0.15) is 0 Å². The summed E-state index contributed by atoms with van der Waals surface area (Å²) >= 11 is 0. The van der Waals surface area contributed by atoms with Crippen LogP contribution in [0.1, 0.15) is 45.2 Å². The van der Waals surface area contributed by atoms with Crippen LogP contribution in [0, 0.1) is 5.92 Å². The molecule has 0 radical (unpaired) electrons. The third-order valence-corrected chi connectivity index (χ3v) is 11.8. The minimum absolute atomic E-state index is 0.145. The van der Waals surface area contributed by atoms with Crippen LogP contribution in [-0.2, 0) is 21.7 Å². The van der Waals surface area contributed by atoms with Crippen molar-refractivity contribution >= 4 is 43.1 Å². The van der Waals surface area contributed by atoms with E-state index in [1.165, 1.54) is 0 Å². The summed E-state index contributed by atoms with van der Waals surface area (Å²) in [6.07, 6.45) is -0.248. The van der Waals surface area contributed by atoms with Crippen molar-refractivity contribution in [2.75, 3.05) is 22.1 Å². The molecule has 0 bridgehead atoms. The van der Waals surface area contributed by atoms with Gasteiger partial charge in [0.1, 0.15) is 0 Å². The third-order valence-electron chi connectivity index (χ3n) is 9.25. The highest BCUT2D eigenvalue weighted by Crippen LogP contribution is 2.60. The van der Waals surface area contributed by atoms with E-state index in [0.29, 0.717) is 33.8 Å². The van der Waals surface area contributed by atoms with Crippen LogP contribution in [-0.4, -0.2) is 48.7 Å². The van der Waals surface area contributed by atoms with Gasteiger partial charge in [0, 0.05) is 46.1 Å². The van der Waals surface area contributed by atoms with E-state index >= 15 is 0 Å². The fraction of sp³-hybridized carbons (Fsp3) is 0.270. The van der Waals surface area contributed by atoms with Crippen LogP contribution >= 0.6 is 0 Å². The van der Waals surface area contributed by atoms with E-state index in [-0.39, 0.29) is 42.8 Å². The Bertz CT molecular complexity index is 1800. The first-order valence-corrected chi connectivity index (χ1v) is 18.8. The summed E-state index contributed by atoms with van der Waals surface area (Å²) in [6.45, 7) is 5.67. The summed E-state index contributed by atoms with van der Waals surface area (Å²) in [5, 5.41) is 15.8. The van der Waals surface area contributed by atoms with Crippen molar-refractivity contribution in [1.82, 2.24) is 0 Å². The average Bonchev–Trinajstić information content (AvgIpc) is 3.48. The van der Waals surface area contributed by atoms with Crippen molar-refractivity contribution in [3.05, 3.63) is 125 Å². The Morgan fingerprint density at radius 2 is 1.45 bits per heavy atom. The lowest BCUT2D eigenvalue weighted by atomic mass is 9.82. The van der Waals surface area contributed by atoms with Gasteiger partial charge in [0.25, 0.3) is 17.7 Å². The van der Waals surface area contributed by atoms with Crippen LogP contribution in [0.15, 0.2) is 103 Å². The number of carbonyl (C=O) groups excluding carboxylic acids is 3. The predicted molar refractivity (Wildman–Crippen MR) is 184 cm³/mol. The molecule has 0 aromatic heterocycles. The zero-order valence-corrected chi connectivity index (χ0v) is 27.6. The van der Waals surface area contributed by atoms with E-state index in [2.05, 4.69) is 10.6 Å². The normalized spacial score (nSPS) is 21.9. The summed E-state index contributed by atoms with van der Waals surface area (Å²) in [5.41, 5.74) is 2.42. The largest absolute Gasteiger partial charge is 0.432 e. The van der Waals surface area contributed by atoms with Crippen LogP contribution in [0.5, 0.6) is 0 Å². The topological polar surface area (TPSA) is 128 Å². The number of rotatable bonds is 9. The fourth-order valence-corrected chi connectivity index (χ4v) is 9.83. The van der Waals surface area contributed by atoms with E-state index in [1.54, 1.807) is 71.6 Å². The Hall–Kier alpha value is -4.61. The summed E-state index contributed by atoms with van der Waals surface area (Å²) in [4.78, 5) is 53.7. The number of aliphatic hydroxyl groups excluding tert-OH is 1. The zero-order chi connectivity index (χ0) is 33.3. The lowest BCUT2D eigenvalue weighted by molar-refractivity contribution is -0.146. The first kappa shape index (κ1) is 32.3. The van der Waals surface area contributed by atoms with Crippen LogP contribution in [0.25, 0.3) is 0 Å². The van der Waals surface area contributed by atoms with E-state index < -0.39 is 25.9 Å². The van der Waals surface area contributed by atoms with Crippen LogP contribution in [0.2, 0.25) is 18.6 Å². The maximum absolute atomic E-state index is 14.7. The molecule has 47 heavy (non-hydrogen) atoms. The molecule has 2 heterocycles. The molecule has 2 aliphatic rings. The SMILES string of the molecule is C[C@@H]1[C@@H]([Si](C)(C)O)[C@H](CCO)O[C@@]12C(=O)N(Cc1cccc(NC(=O)c3ccccc3)c1)c1ccc(NC(=O)c3ccccc3)cc12. The van der Waals surface area contributed by atoms with Crippen molar-refractivity contribution in [3.8, 4) is 0 Å². The Balaban J connectivity index is 1.37. The summed E-state index contributed by atoms with van der Waals surface area (Å²) in [7, 11) is -2.88. The molecule has 4 atom stereocenters. The molecule has 0 saturated carbocycles. The minimum Gasteiger partial charge on any atom is -0.432 e. The Morgan fingerprint density at radius 1 is 0.851 bits per heavy atom. The quantitative estimate of drug-likeness (QED) is 0.167. The fourth-order valence-electron chi connectivity index (χ4n) is 7.22. The number of carbonyl (C=O) groups is 3. The van der Waals surface area contributed by atoms with Gasteiger partial charge in [0.05, 0.1) is 18.3 Å². The second kappa shape index (κ2) is 12.9. The first-order valence-electron chi connectivity index (χ1n) is 15.8. The van der Waals surface area contributed by atoms with E-state index in [9.17, 15) is 24.3 Å². The molecule has 4 aromatic rings. The molecule has 1 fully saturated rings. The lowest BCUT2D eigenvalue weighted by Crippen LogP contribution is -2.46. The molecule has 10 heteroatoms. The van der Waals surface area contributed by atoms with Crippen molar-refractivity contribution in [3.63, 3.8) is 0 Å². The monoisotopic (exact) mass is 649 g/mol. The second-order valence-electron chi connectivity index (χ2n) is 12.8. The molecule has 0 aliphatic carbocycles. The van der Waals surface area contributed by atoms with Gasteiger partial charge in [-0.25, -0.2) is 0 Å². The van der Waals surface area contributed by atoms with Gasteiger partial charge in [-0.15, -0.1) is 0 Å². The van der Waals surface area contributed by atoms with E-state index in [1.807, 2.05) is 56.4 Å². The van der Waals surface area contributed by atoms with Crippen molar-refractivity contribution in [2.45, 2.75) is 50.2 Å². The van der Waals surface area contributed by atoms with Crippen LogP contribution in [0.3, 0.4) is 0 Å². The van der Waals surface area contributed by atoms with E-state index in [0.717, 1.165) is 5.56 Å². The Kier molecular flexibility index (Phi) is 8.86. The minimum atomic E-state index is -2.88. The standard InChI is InChI=1S/C37H39N3O6Si/c1-24-33(47(2,3)45)32(19-20-41)46-37(24)30-22-29(39-35(43)27-14-8-5-9-15-27)17-18-31(30)40(36(37)44)23-25-11-10-16-28(21-25)38-34(42)26-12-6-4-7-13-26/h4-18,21-22,24,32-33,41,45H,19-20,23H2,1-3H3,(H,38,42)(H,39,43)/t24-,32+,33-,37+/m1/s1. The molecule has 4 aromatic carbocycles. The smallest absolute Gasteiger partial charge is 0.264 e. The number of nitrogens with one attached hydrogen (secondary N) is 2. The molecule has 0 unspecified atom stereocenters. The molecule has 2 aliphatic heterocycles. The highest BCUT2D eigenvalue weighted by atomic mass is 28.4. The maximum atomic E-state index is 14.7. The molecule has 6 rings (SSSR count). The highest BCUT2D eigenvalue weighted by molar-refractivity contribution is 6.71. The average molecular weight is 650 g/mol. The summed E-state index contributed by atoms with van der Waals surface area (Å²) in [6, 6.07) is 30.6. The molecule has 242 valence electrons. The molecule has 3 amide bonds. The van der Waals surface area contributed by atoms with Gasteiger partial charge in [0.15, 0.2) is 13.9 Å². The Labute approximate surface area is 275 Å². The number of fused-ring (bicyclic) bond motifs is 2. The number of aliphatic hydroxyl groups is 1. The number of amides is 3. The van der Waals surface area contributed by atoms with Gasteiger partial charge < -0.3 is 30.2 Å². The first-order chi connectivity index (χ1) is 22.5. The molecule has 1 saturated heterocycles. The van der Waals surface area contributed by atoms with E-state index in [4.69, 9.17) is 4.74 Å². The molecular weight excluding hydrogens is 611 g/mol. The number of nitrogens with zero attached hydrogens (tertiary/aromatic N) is 1.